The molecule has 0 aromatic carbocycles. The molecule has 0 saturated carbocycles. The lowest BCUT2D eigenvalue weighted by Crippen LogP contribution is -2.31. The van der Waals surface area contributed by atoms with E-state index in [1.165, 1.54) is 0 Å². The number of carboxylic acid groups (broad SMARTS) is 1. The Hall–Kier alpha value is -0.420. The van der Waals surface area contributed by atoms with E-state index in [9.17, 15) is 14.3 Å². The maximum absolute atomic E-state index is 11.2. The molecule has 0 rings (SSSR count). The third-order valence-electron chi connectivity index (χ3n) is 1.59. The van der Waals surface area contributed by atoms with Crippen LogP contribution in [0.2, 0.25) is 0 Å². The zero-order valence-corrected chi connectivity index (χ0v) is 8.11. The molecule has 0 saturated heterocycles. The molecular weight excluding hydrogens is 195 g/mol. The number of nitrogens with two attached hydrogens (primary N) is 2. The van der Waals surface area contributed by atoms with E-state index in [1.807, 2.05) is 0 Å². The average molecular weight is 210 g/mol. The van der Waals surface area contributed by atoms with Crippen LogP contribution in [0, 0.1) is 0 Å². The predicted molar refractivity (Wildman–Crippen MR) is 48.8 cm³/mol. The van der Waals surface area contributed by atoms with Gasteiger partial charge in [-0.2, -0.15) is 0 Å². The molecule has 0 amide bonds. The highest BCUT2D eigenvalue weighted by Gasteiger charge is 2.20. The Morgan fingerprint density at radius 1 is 1.46 bits per heavy atom. The molecule has 0 heterocycles. The summed E-state index contributed by atoms with van der Waals surface area (Å²) in [6.45, 7) is 0.121. The van der Waals surface area contributed by atoms with Gasteiger partial charge in [0.2, 0.25) is 7.37 Å². The van der Waals surface area contributed by atoms with Crippen LogP contribution in [0.25, 0.3) is 0 Å². The number of carbonyl (C=O) groups is 1. The Balaban J connectivity index is 3.87. The van der Waals surface area contributed by atoms with E-state index in [1.54, 1.807) is 0 Å². The van der Waals surface area contributed by atoms with E-state index in [-0.39, 0.29) is 25.3 Å². The normalized spacial score (nSPS) is 17.8. The molecule has 2 atom stereocenters. The topological polar surface area (TPSA) is 127 Å². The van der Waals surface area contributed by atoms with Crippen LogP contribution < -0.4 is 11.5 Å². The van der Waals surface area contributed by atoms with E-state index in [0.29, 0.717) is 0 Å². The van der Waals surface area contributed by atoms with Crippen molar-refractivity contribution in [3.05, 3.63) is 0 Å². The lowest BCUT2D eigenvalue weighted by atomic mass is 10.2. The third kappa shape index (κ3) is 5.76. The smallest absolute Gasteiger partial charge is 0.320 e. The van der Waals surface area contributed by atoms with Crippen LogP contribution in [0.15, 0.2) is 0 Å². The standard InChI is InChI=1S/C6H15N2O4P/c7-2-4-13(11,12)3-1-5(8)6(9)10/h5H,1-4,7-8H2,(H,9,10)(H,11,12)/t5-/m0/s1. The van der Waals surface area contributed by atoms with Crippen molar-refractivity contribution in [2.24, 2.45) is 11.5 Å². The lowest BCUT2D eigenvalue weighted by molar-refractivity contribution is -0.138. The van der Waals surface area contributed by atoms with Crippen molar-refractivity contribution in [2.45, 2.75) is 12.5 Å². The monoisotopic (exact) mass is 210 g/mol. The highest BCUT2D eigenvalue weighted by atomic mass is 31.2. The number of hydrogen-bond acceptors (Lipinski definition) is 4. The molecule has 78 valence electrons. The van der Waals surface area contributed by atoms with Crippen molar-refractivity contribution < 1.29 is 19.4 Å². The summed E-state index contributed by atoms with van der Waals surface area (Å²) in [5.41, 5.74) is 10.3. The Morgan fingerprint density at radius 3 is 2.38 bits per heavy atom. The number of hydrogen-bond donors (Lipinski definition) is 4. The van der Waals surface area contributed by atoms with Gasteiger partial charge >= 0.3 is 5.97 Å². The van der Waals surface area contributed by atoms with E-state index >= 15 is 0 Å². The molecule has 0 aliphatic carbocycles. The highest BCUT2D eigenvalue weighted by Crippen LogP contribution is 2.40. The molecule has 0 aliphatic heterocycles. The van der Waals surface area contributed by atoms with Crippen LogP contribution in [0.3, 0.4) is 0 Å². The zero-order chi connectivity index (χ0) is 10.5. The van der Waals surface area contributed by atoms with Crippen LogP contribution in [-0.2, 0) is 9.36 Å². The summed E-state index contributed by atoms with van der Waals surface area (Å²) in [6.07, 6.45) is -0.0693. The molecule has 6 nitrogen and oxygen atoms in total. The van der Waals surface area contributed by atoms with Crippen molar-refractivity contribution in [1.29, 1.82) is 0 Å². The van der Waals surface area contributed by atoms with E-state index in [2.05, 4.69) is 0 Å². The molecule has 0 fully saturated rings. The molecule has 0 spiro atoms. The first-order valence-corrected chi connectivity index (χ1v) is 5.91. The number of rotatable bonds is 6. The Kier molecular flexibility index (Phi) is 5.17. The molecule has 7 heteroatoms. The van der Waals surface area contributed by atoms with Crippen LogP contribution >= 0.6 is 7.37 Å². The van der Waals surface area contributed by atoms with Gasteiger partial charge in [0.1, 0.15) is 6.04 Å². The van der Waals surface area contributed by atoms with Gasteiger partial charge in [-0.15, -0.1) is 0 Å². The maximum Gasteiger partial charge on any atom is 0.320 e. The van der Waals surface area contributed by atoms with E-state index in [0.717, 1.165) is 0 Å². The first-order valence-electron chi connectivity index (χ1n) is 3.88. The third-order valence-corrected chi connectivity index (χ3v) is 3.50. The second-order valence-electron chi connectivity index (χ2n) is 2.82. The molecule has 0 aromatic rings. The van der Waals surface area contributed by atoms with Gasteiger partial charge in [0.15, 0.2) is 0 Å². The fourth-order valence-electron chi connectivity index (χ4n) is 0.778. The van der Waals surface area contributed by atoms with Crippen molar-refractivity contribution in [2.75, 3.05) is 18.9 Å². The molecule has 0 radical (unpaired) electrons. The second-order valence-corrected chi connectivity index (χ2v) is 5.40. The summed E-state index contributed by atoms with van der Waals surface area (Å²) in [5.74, 6) is -1.16. The summed E-state index contributed by atoms with van der Waals surface area (Å²) in [6, 6.07) is -1.07. The average Bonchev–Trinajstić information content (AvgIpc) is 2.00. The van der Waals surface area contributed by atoms with Gasteiger partial charge < -0.3 is 21.5 Å². The molecular formula is C6H15N2O4P. The van der Waals surface area contributed by atoms with Crippen molar-refractivity contribution in [1.82, 2.24) is 0 Å². The van der Waals surface area contributed by atoms with E-state index in [4.69, 9.17) is 16.6 Å². The van der Waals surface area contributed by atoms with Crippen molar-refractivity contribution >= 4 is 13.3 Å². The minimum absolute atomic E-state index is 0.00309. The Labute approximate surface area is 76.4 Å². The summed E-state index contributed by atoms with van der Waals surface area (Å²) in [5, 5.41) is 8.39. The summed E-state index contributed by atoms with van der Waals surface area (Å²) < 4.78 is 11.2. The van der Waals surface area contributed by atoms with Gasteiger partial charge in [0, 0.05) is 18.9 Å². The maximum atomic E-state index is 11.2. The summed E-state index contributed by atoms with van der Waals surface area (Å²) in [7, 11) is -3.25. The molecule has 0 bridgehead atoms. The predicted octanol–water partition coefficient (Wildman–Crippen LogP) is -0.982. The summed E-state index contributed by atoms with van der Waals surface area (Å²) >= 11 is 0. The molecule has 13 heavy (non-hydrogen) atoms. The van der Waals surface area contributed by atoms with Crippen LogP contribution in [0.1, 0.15) is 6.42 Å². The minimum Gasteiger partial charge on any atom is -0.480 e. The molecule has 6 N–H and O–H groups in total. The first kappa shape index (κ1) is 12.6. The minimum atomic E-state index is -3.25. The second kappa shape index (κ2) is 5.34. The van der Waals surface area contributed by atoms with Gasteiger partial charge in [0.05, 0.1) is 0 Å². The van der Waals surface area contributed by atoms with Crippen LogP contribution in [-0.4, -0.2) is 40.9 Å². The molecule has 0 aromatic heterocycles. The van der Waals surface area contributed by atoms with Crippen LogP contribution in [0.5, 0.6) is 0 Å². The first-order chi connectivity index (χ1) is 5.89. The van der Waals surface area contributed by atoms with Gasteiger partial charge in [0.25, 0.3) is 0 Å². The number of aliphatic carboxylic acids is 1. The van der Waals surface area contributed by atoms with Gasteiger partial charge in [-0.25, -0.2) is 0 Å². The van der Waals surface area contributed by atoms with Crippen LogP contribution in [0.4, 0.5) is 0 Å². The Morgan fingerprint density at radius 2 is 2.00 bits per heavy atom. The summed E-state index contributed by atoms with van der Waals surface area (Å²) in [4.78, 5) is 19.4. The van der Waals surface area contributed by atoms with Gasteiger partial charge in [-0.3, -0.25) is 9.36 Å². The highest BCUT2D eigenvalue weighted by molar-refractivity contribution is 7.58. The van der Waals surface area contributed by atoms with E-state index < -0.39 is 19.4 Å². The fraction of sp³-hybridized carbons (Fsp3) is 0.833. The largest absolute Gasteiger partial charge is 0.480 e. The fourth-order valence-corrected chi connectivity index (χ4v) is 2.09. The van der Waals surface area contributed by atoms with Gasteiger partial charge in [-0.05, 0) is 6.42 Å². The Bertz CT molecular complexity index is 221. The number of carboxylic acids is 1. The molecule has 1 unspecified atom stereocenters. The molecule has 0 aliphatic rings. The van der Waals surface area contributed by atoms with Gasteiger partial charge in [-0.1, -0.05) is 0 Å². The zero-order valence-electron chi connectivity index (χ0n) is 7.22. The van der Waals surface area contributed by atoms with Crippen molar-refractivity contribution in [3.63, 3.8) is 0 Å². The SMILES string of the molecule is NCCP(=O)(O)CC[C@H](N)C(=O)O. The van der Waals surface area contributed by atoms with Crippen molar-refractivity contribution in [3.8, 4) is 0 Å². The quantitative estimate of drug-likeness (QED) is 0.417. The lowest BCUT2D eigenvalue weighted by Gasteiger charge is -2.11.